The van der Waals surface area contributed by atoms with E-state index in [4.69, 9.17) is 10.2 Å². The van der Waals surface area contributed by atoms with E-state index in [1.165, 1.54) is 12.1 Å². The number of nitro benzene ring substituents is 1. The Morgan fingerprint density at radius 1 is 1.35 bits per heavy atom. The molecule has 0 amide bonds. The maximum Gasteiger partial charge on any atom is 0.271 e. The fourth-order valence-corrected chi connectivity index (χ4v) is 1.42. The molecule has 6 nitrogen and oxygen atoms in total. The molecule has 17 heavy (non-hydrogen) atoms. The maximum atomic E-state index is 10.7. The first-order valence-electron chi connectivity index (χ1n) is 5.16. The van der Waals surface area contributed by atoms with Gasteiger partial charge in [-0.2, -0.15) is 0 Å². The van der Waals surface area contributed by atoms with Crippen molar-refractivity contribution >= 4 is 11.4 Å². The highest BCUT2D eigenvalue weighted by Gasteiger charge is 2.22. The van der Waals surface area contributed by atoms with E-state index in [-0.39, 0.29) is 18.9 Å². The van der Waals surface area contributed by atoms with E-state index in [9.17, 15) is 10.1 Å². The van der Waals surface area contributed by atoms with Crippen LogP contribution in [0.1, 0.15) is 12.5 Å². The minimum Gasteiger partial charge on any atom is -0.394 e. The molecule has 1 aromatic carbocycles. The third-order valence-electron chi connectivity index (χ3n) is 2.42. The second-order valence-corrected chi connectivity index (χ2v) is 4.32. The van der Waals surface area contributed by atoms with Crippen molar-refractivity contribution < 1.29 is 15.1 Å². The first-order chi connectivity index (χ1) is 7.90. The monoisotopic (exact) mass is 240 g/mol. The number of rotatable bonds is 5. The SMILES string of the molecule is Cc1cc(NC(C)(CO)CO)cc([N+](=O)[O-])c1. The van der Waals surface area contributed by atoms with Crippen molar-refractivity contribution in [2.45, 2.75) is 19.4 Å². The number of anilines is 1. The molecular formula is C11H16N2O4. The lowest BCUT2D eigenvalue weighted by Crippen LogP contribution is -2.42. The van der Waals surface area contributed by atoms with Gasteiger partial charge in [-0.15, -0.1) is 0 Å². The van der Waals surface area contributed by atoms with Crippen molar-refractivity contribution in [3.63, 3.8) is 0 Å². The standard InChI is InChI=1S/C11H16N2O4/c1-8-3-9(5-10(4-8)13(16)17)12-11(2,6-14)7-15/h3-5,12,14-15H,6-7H2,1-2H3. The Bertz CT molecular complexity index is 416. The molecule has 1 rings (SSSR count). The Morgan fingerprint density at radius 2 is 1.94 bits per heavy atom. The zero-order valence-corrected chi connectivity index (χ0v) is 9.80. The number of hydrogen-bond donors (Lipinski definition) is 3. The van der Waals surface area contributed by atoms with Crippen LogP contribution in [0.3, 0.4) is 0 Å². The van der Waals surface area contributed by atoms with Gasteiger partial charge in [0.15, 0.2) is 0 Å². The van der Waals surface area contributed by atoms with Gasteiger partial charge in [-0.3, -0.25) is 10.1 Å². The molecule has 0 aliphatic rings. The van der Waals surface area contributed by atoms with Crippen LogP contribution >= 0.6 is 0 Å². The Morgan fingerprint density at radius 3 is 2.41 bits per heavy atom. The van der Waals surface area contributed by atoms with Gasteiger partial charge in [0.2, 0.25) is 0 Å². The van der Waals surface area contributed by atoms with E-state index in [0.29, 0.717) is 5.69 Å². The summed E-state index contributed by atoms with van der Waals surface area (Å²) < 4.78 is 0. The molecule has 0 aliphatic carbocycles. The zero-order chi connectivity index (χ0) is 13.1. The summed E-state index contributed by atoms with van der Waals surface area (Å²) in [6, 6.07) is 4.55. The molecular weight excluding hydrogens is 224 g/mol. The van der Waals surface area contributed by atoms with Gasteiger partial charge in [0.1, 0.15) is 0 Å². The first-order valence-corrected chi connectivity index (χ1v) is 5.16. The van der Waals surface area contributed by atoms with Crippen molar-refractivity contribution in [2.75, 3.05) is 18.5 Å². The van der Waals surface area contributed by atoms with Crippen molar-refractivity contribution in [1.29, 1.82) is 0 Å². The van der Waals surface area contributed by atoms with Crippen molar-refractivity contribution in [1.82, 2.24) is 0 Å². The van der Waals surface area contributed by atoms with Gasteiger partial charge in [-0.25, -0.2) is 0 Å². The Labute approximate surface area is 99.0 Å². The Balaban J connectivity index is 3.02. The highest BCUT2D eigenvalue weighted by molar-refractivity contribution is 5.55. The number of aliphatic hydroxyl groups is 2. The van der Waals surface area contributed by atoms with Crippen LogP contribution in [0.5, 0.6) is 0 Å². The first kappa shape index (κ1) is 13.4. The highest BCUT2D eigenvalue weighted by atomic mass is 16.6. The van der Waals surface area contributed by atoms with Crippen LogP contribution in [0, 0.1) is 17.0 Å². The van der Waals surface area contributed by atoms with Crippen LogP contribution in [0.2, 0.25) is 0 Å². The van der Waals surface area contributed by atoms with E-state index in [2.05, 4.69) is 5.32 Å². The number of nitro groups is 1. The maximum absolute atomic E-state index is 10.7. The second kappa shape index (κ2) is 5.11. The lowest BCUT2D eigenvalue weighted by Gasteiger charge is -2.27. The number of hydrogen-bond acceptors (Lipinski definition) is 5. The Kier molecular flexibility index (Phi) is 4.03. The van der Waals surface area contributed by atoms with E-state index in [1.54, 1.807) is 19.9 Å². The summed E-state index contributed by atoms with van der Waals surface area (Å²) in [5, 5.41) is 31.9. The molecule has 94 valence electrons. The third-order valence-corrected chi connectivity index (χ3v) is 2.42. The summed E-state index contributed by atoms with van der Waals surface area (Å²) in [6.45, 7) is 2.82. The van der Waals surface area contributed by atoms with E-state index in [1.807, 2.05) is 0 Å². The normalized spacial score (nSPS) is 11.3. The number of aliphatic hydroxyl groups excluding tert-OH is 2. The summed E-state index contributed by atoms with van der Waals surface area (Å²) in [5.41, 5.74) is 0.315. The minimum atomic E-state index is -0.901. The van der Waals surface area contributed by atoms with Crippen molar-refractivity contribution in [3.8, 4) is 0 Å². The minimum absolute atomic E-state index is 0.0225. The topological polar surface area (TPSA) is 95.6 Å². The van der Waals surface area contributed by atoms with Crippen LogP contribution in [-0.2, 0) is 0 Å². The van der Waals surface area contributed by atoms with Crippen LogP contribution in [0.25, 0.3) is 0 Å². The quantitative estimate of drug-likeness (QED) is 0.528. The zero-order valence-electron chi connectivity index (χ0n) is 9.80. The summed E-state index contributed by atoms with van der Waals surface area (Å²) in [4.78, 5) is 10.2. The molecule has 6 heteroatoms. The third kappa shape index (κ3) is 3.40. The molecule has 0 radical (unpaired) electrons. The van der Waals surface area contributed by atoms with Gasteiger partial charge in [-0.05, 0) is 25.5 Å². The van der Waals surface area contributed by atoms with Gasteiger partial charge in [0, 0.05) is 17.8 Å². The number of aryl methyl sites for hydroxylation is 1. The molecule has 0 atom stereocenters. The number of nitrogens with zero attached hydrogens (tertiary/aromatic N) is 1. The van der Waals surface area contributed by atoms with Crippen molar-refractivity contribution in [2.24, 2.45) is 0 Å². The fraction of sp³-hybridized carbons (Fsp3) is 0.455. The molecule has 3 N–H and O–H groups in total. The molecule has 0 fully saturated rings. The molecule has 1 aromatic rings. The number of nitrogens with one attached hydrogen (secondary N) is 1. The second-order valence-electron chi connectivity index (χ2n) is 4.32. The van der Waals surface area contributed by atoms with Crippen LogP contribution in [0.4, 0.5) is 11.4 Å². The van der Waals surface area contributed by atoms with E-state index < -0.39 is 10.5 Å². The Hall–Kier alpha value is -1.66. The summed E-state index contributed by atoms with van der Waals surface area (Å²) >= 11 is 0. The molecule has 0 saturated carbocycles. The van der Waals surface area contributed by atoms with Crippen molar-refractivity contribution in [3.05, 3.63) is 33.9 Å². The van der Waals surface area contributed by atoms with Crippen LogP contribution in [-0.4, -0.2) is 33.9 Å². The molecule has 0 heterocycles. The van der Waals surface area contributed by atoms with Gasteiger partial charge in [0.25, 0.3) is 5.69 Å². The molecule has 0 aliphatic heterocycles. The smallest absolute Gasteiger partial charge is 0.271 e. The average Bonchev–Trinajstić information content (AvgIpc) is 2.28. The van der Waals surface area contributed by atoms with Gasteiger partial charge in [0.05, 0.1) is 23.7 Å². The predicted molar refractivity (Wildman–Crippen MR) is 64.0 cm³/mol. The van der Waals surface area contributed by atoms with Gasteiger partial charge < -0.3 is 15.5 Å². The lowest BCUT2D eigenvalue weighted by atomic mass is 10.0. The average molecular weight is 240 g/mol. The van der Waals surface area contributed by atoms with Gasteiger partial charge >= 0.3 is 0 Å². The largest absolute Gasteiger partial charge is 0.394 e. The molecule has 0 aromatic heterocycles. The molecule has 0 spiro atoms. The molecule has 0 unspecified atom stereocenters. The lowest BCUT2D eigenvalue weighted by molar-refractivity contribution is -0.384. The summed E-state index contributed by atoms with van der Waals surface area (Å²) in [5.74, 6) is 0. The number of non-ortho nitro benzene ring substituents is 1. The summed E-state index contributed by atoms with van der Waals surface area (Å²) in [6.07, 6.45) is 0. The highest BCUT2D eigenvalue weighted by Crippen LogP contribution is 2.23. The van der Waals surface area contributed by atoms with E-state index >= 15 is 0 Å². The number of benzene rings is 1. The molecule has 0 saturated heterocycles. The van der Waals surface area contributed by atoms with Crippen LogP contribution in [0.15, 0.2) is 18.2 Å². The summed E-state index contributed by atoms with van der Waals surface area (Å²) in [7, 11) is 0. The van der Waals surface area contributed by atoms with Crippen LogP contribution < -0.4 is 5.32 Å². The fourth-order valence-electron chi connectivity index (χ4n) is 1.42. The molecule has 0 bridgehead atoms. The van der Waals surface area contributed by atoms with Gasteiger partial charge in [-0.1, -0.05) is 0 Å². The predicted octanol–water partition coefficient (Wildman–Crippen LogP) is 1.06. The van der Waals surface area contributed by atoms with E-state index in [0.717, 1.165) is 5.56 Å².